The second kappa shape index (κ2) is 18.4. The van der Waals surface area contributed by atoms with Gasteiger partial charge in [0, 0.05) is 50.3 Å². The van der Waals surface area contributed by atoms with Gasteiger partial charge in [-0.05, 0) is 171 Å². The third-order valence-corrected chi connectivity index (χ3v) is 19.9. The summed E-state index contributed by atoms with van der Waals surface area (Å²) in [7, 11) is 0. The molecule has 0 aliphatic heterocycles. The Morgan fingerprint density at radius 3 is 1.49 bits per heavy atom. The molecule has 2 heterocycles. The lowest BCUT2D eigenvalue weighted by Crippen LogP contribution is -2.27. The quantitative estimate of drug-likeness (QED) is 0.142. The van der Waals surface area contributed by atoms with E-state index in [1.54, 1.807) is 0 Å². The van der Waals surface area contributed by atoms with Gasteiger partial charge < -0.3 is 13.7 Å². The zero-order chi connectivity index (χ0) is 57.1. The van der Waals surface area contributed by atoms with E-state index in [1.807, 2.05) is 0 Å². The Hall–Kier alpha value is -10.2. The smallest absolute Gasteiger partial charge is 0.159 e. The van der Waals surface area contributed by atoms with Crippen LogP contribution in [0.2, 0.25) is 0 Å². The highest BCUT2D eigenvalue weighted by Gasteiger charge is 2.53. The molecule has 0 saturated carbocycles. The summed E-state index contributed by atoms with van der Waals surface area (Å²) < 4.78 is 13.7. The van der Waals surface area contributed by atoms with Crippen molar-refractivity contribution in [2.24, 2.45) is 0 Å². The molecule has 0 saturated heterocycles. The lowest BCUT2D eigenvalue weighted by Gasteiger charge is -2.38. The Bertz CT molecular complexity index is 5380. The van der Waals surface area contributed by atoms with E-state index in [4.69, 9.17) is 8.83 Å². The van der Waals surface area contributed by atoms with E-state index in [0.29, 0.717) is 11.8 Å². The average Bonchev–Trinajstić information content (AvgIpc) is 1.61. The van der Waals surface area contributed by atoms with E-state index in [2.05, 4.69) is 293 Å². The van der Waals surface area contributed by atoms with Gasteiger partial charge in [-0.2, -0.15) is 0 Å². The monoisotopic (exact) mass is 1100 g/mol. The summed E-state index contributed by atoms with van der Waals surface area (Å²) in [4.78, 5) is 2.44. The fourth-order valence-corrected chi connectivity index (χ4v) is 15.7. The van der Waals surface area contributed by atoms with Gasteiger partial charge in [-0.3, -0.25) is 0 Å². The molecule has 3 nitrogen and oxygen atoms in total. The van der Waals surface area contributed by atoms with Gasteiger partial charge >= 0.3 is 0 Å². The third-order valence-electron chi connectivity index (χ3n) is 19.9. The number of benzene rings is 13. The van der Waals surface area contributed by atoms with Crippen molar-refractivity contribution in [3.8, 4) is 22.3 Å². The predicted molar refractivity (Wildman–Crippen MR) is 359 cm³/mol. The van der Waals surface area contributed by atoms with Gasteiger partial charge in [0.1, 0.15) is 16.7 Å². The normalized spacial score (nSPS) is 16.7. The minimum absolute atomic E-state index is 0.0859. The van der Waals surface area contributed by atoms with Crippen molar-refractivity contribution in [2.45, 2.75) is 56.8 Å². The van der Waals surface area contributed by atoms with Crippen molar-refractivity contribution in [3.05, 3.63) is 311 Å². The molecule has 13 aromatic carbocycles. The van der Waals surface area contributed by atoms with Crippen LogP contribution in [0.4, 0.5) is 17.1 Å². The fourth-order valence-electron chi connectivity index (χ4n) is 15.7. The lowest BCUT2D eigenvalue weighted by molar-refractivity contribution is 0.659. The Labute approximate surface area is 499 Å². The molecule has 1 spiro atoms. The average molecular weight is 1100 g/mol. The van der Waals surface area contributed by atoms with E-state index >= 15 is 0 Å². The maximum atomic E-state index is 6.93. The topological polar surface area (TPSA) is 29.5 Å². The summed E-state index contributed by atoms with van der Waals surface area (Å²) in [6.07, 6.45) is 2.54. The summed E-state index contributed by atoms with van der Waals surface area (Å²) in [6, 6.07) is 96.2. The van der Waals surface area contributed by atoms with Gasteiger partial charge in [-0.1, -0.05) is 234 Å². The fraction of sp³-hybridized carbons (Fsp3) is 0.108. The summed E-state index contributed by atoms with van der Waals surface area (Å²) in [5, 5.41) is 12.2. The zero-order valence-electron chi connectivity index (χ0n) is 48.4. The van der Waals surface area contributed by atoms with E-state index < -0.39 is 5.41 Å². The largest absolute Gasteiger partial charge is 0.455 e. The maximum absolute atomic E-state index is 6.93. The number of allylic oxidation sites excluding steroid dienone is 2. The number of hydrogen-bond acceptors (Lipinski definition) is 3. The molecular weight excluding hydrogens is 1040 g/mol. The molecule has 3 heteroatoms. The van der Waals surface area contributed by atoms with Gasteiger partial charge in [0.2, 0.25) is 0 Å². The number of hydrogen-bond donors (Lipinski definition) is 0. The third kappa shape index (κ3) is 6.85. The Morgan fingerprint density at radius 1 is 0.337 bits per heavy atom. The van der Waals surface area contributed by atoms with Gasteiger partial charge in [0.05, 0.1) is 11.1 Å². The highest BCUT2D eigenvalue weighted by molar-refractivity contribution is 6.26. The minimum atomic E-state index is -0.702. The van der Waals surface area contributed by atoms with Crippen molar-refractivity contribution >= 4 is 98.8 Å². The predicted octanol–water partition coefficient (Wildman–Crippen LogP) is 23.0. The summed E-state index contributed by atoms with van der Waals surface area (Å²) in [6.45, 7) is 9.10. The minimum Gasteiger partial charge on any atom is -0.455 e. The molecule has 0 bridgehead atoms. The molecule has 0 fully saturated rings. The second-order valence-corrected chi connectivity index (χ2v) is 24.9. The van der Waals surface area contributed by atoms with E-state index in [9.17, 15) is 0 Å². The zero-order valence-corrected chi connectivity index (χ0v) is 48.4. The molecule has 86 heavy (non-hydrogen) atoms. The number of fused-ring (bicyclic) bond motifs is 22. The van der Waals surface area contributed by atoms with E-state index in [1.165, 1.54) is 105 Å². The Kier molecular flexibility index (Phi) is 10.5. The van der Waals surface area contributed by atoms with Crippen molar-refractivity contribution in [1.82, 2.24) is 0 Å². The van der Waals surface area contributed by atoms with Gasteiger partial charge in [0.15, 0.2) is 5.58 Å². The molecule has 15 aromatic rings. The molecule has 0 amide bonds. The van der Waals surface area contributed by atoms with Crippen molar-refractivity contribution < 1.29 is 8.83 Å². The van der Waals surface area contributed by atoms with Crippen molar-refractivity contribution in [3.63, 3.8) is 0 Å². The molecule has 18 rings (SSSR count). The number of furan rings is 2. The SMILES string of the molecule is CC(C)c1ccc(C2C(c3cccc4c3oc3ccccc34)=CC2c2ccc3c(c2)C2(c4ccccc4-c4cc5c6ccccc6c6ccccc6c5cc42)c2cc(N(c4ccc(C(C)C)cc4)c4cccc5c4oc4ccccc45)ccc2-3)cc1. The van der Waals surface area contributed by atoms with Crippen LogP contribution in [0.1, 0.15) is 101 Å². The molecular formula is C83H59NO2. The number of rotatable bonds is 8. The molecule has 408 valence electrons. The number of para-hydroxylation sites is 4. The highest BCUT2D eigenvalue weighted by Crippen LogP contribution is 2.66. The first-order chi connectivity index (χ1) is 42.3. The van der Waals surface area contributed by atoms with Crippen molar-refractivity contribution in [1.29, 1.82) is 0 Å². The first kappa shape index (κ1) is 49.2. The van der Waals surface area contributed by atoms with E-state index in [0.717, 1.165) is 66.5 Å². The van der Waals surface area contributed by atoms with Crippen LogP contribution < -0.4 is 4.90 Å². The van der Waals surface area contributed by atoms with Crippen LogP contribution in [0.3, 0.4) is 0 Å². The molecule has 3 unspecified atom stereocenters. The van der Waals surface area contributed by atoms with Crippen LogP contribution in [0.5, 0.6) is 0 Å². The molecule has 3 aliphatic rings. The molecule has 0 N–H and O–H groups in total. The number of nitrogens with zero attached hydrogens (tertiary/aromatic N) is 1. The Balaban J connectivity index is 0.907. The van der Waals surface area contributed by atoms with Crippen molar-refractivity contribution in [2.75, 3.05) is 4.90 Å². The van der Waals surface area contributed by atoms with Gasteiger partial charge in [-0.15, -0.1) is 0 Å². The molecule has 0 radical (unpaired) electrons. The Morgan fingerprint density at radius 2 is 0.814 bits per heavy atom. The van der Waals surface area contributed by atoms with Crippen LogP contribution in [0, 0.1) is 0 Å². The molecule has 3 atom stereocenters. The summed E-state index contributed by atoms with van der Waals surface area (Å²) >= 11 is 0. The molecule has 3 aliphatic carbocycles. The maximum Gasteiger partial charge on any atom is 0.159 e. The number of anilines is 3. The van der Waals surface area contributed by atoms with Crippen LogP contribution in [0.15, 0.2) is 270 Å². The van der Waals surface area contributed by atoms with E-state index in [-0.39, 0.29) is 11.8 Å². The second-order valence-electron chi connectivity index (χ2n) is 24.9. The standard InChI is InChI=1S/C83H59NO2/c1-48(2)50-31-33-52(34-32-50)80-68(45-72(80)67-25-15-24-65-63-22-10-13-29-78(63)85-81(65)67)53-37-41-61-62-42-40-55(84(54-38-35-51(36-39-54)49(3)4)77-28-16-26-66-64-23-11-14-30-79(64)86-82(66)77)44-75(62)83(74(61)43-53)73-27-12-9-21-60(73)71-46-69-58-19-7-5-17-56(58)57-18-6-8-20-59(57)70(69)47-76(71)83/h5-49,68,80H,1-4H3. The van der Waals surface area contributed by atoms with Crippen LogP contribution >= 0.6 is 0 Å². The summed E-state index contributed by atoms with van der Waals surface area (Å²) in [5.41, 5.74) is 24.1. The molecule has 2 aromatic heterocycles. The highest BCUT2D eigenvalue weighted by atomic mass is 16.3. The summed E-state index contributed by atoms with van der Waals surface area (Å²) in [5.74, 6) is 0.996. The lowest BCUT2D eigenvalue weighted by atomic mass is 9.64. The first-order valence-electron chi connectivity index (χ1n) is 30.6. The first-order valence-corrected chi connectivity index (χ1v) is 30.6. The van der Waals surface area contributed by atoms with Crippen LogP contribution in [-0.4, -0.2) is 0 Å². The van der Waals surface area contributed by atoms with Crippen LogP contribution in [-0.2, 0) is 5.41 Å². The van der Waals surface area contributed by atoms with Crippen LogP contribution in [0.25, 0.3) is 104 Å². The van der Waals surface area contributed by atoms with Gasteiger partial charge in [0.25, 0.3) is 0 Å². The van der Waals surface area contributed by atoms with Gasteiger partial charge in [-0.25, -0.2) is 0 Å².